The van der Waals surface area contributed by atoms with E-state index in [9.17, 15) is 17.6 Å². The van der Waals surface area contributed by atoms with Gasteiger partial charge >= 0.3 is 0 Å². The highest BCUT2D eigenvalue weighted by Crippen LogP contribution is 2.34. The molecule has 4 rings (SSSR count). The van der Waals surface area contributed by atoms with Crippen molar-refractivity contribution in [2.24, 2.45) is 17.8 Å². The maximum absolute atomic E-state index is 14.5. The number of aromatic nitrogens is 2. The van der Waals surface area contributed by atoms with Crippen molar-refractivity contribution >= 4 is 15.9 Å². The molecule has 208 valence electrons. The summed E-state index contributed by atoms with van der Waals surface area (Å²) in [6, 6.07) is 11.7. The third kappa shape index (κ3) is 7.11. The Kier molecular flexibility index (Phi) is 8.84. The lowest BCUT2D eigenvalue weighted by molar-refractivity contribution is 0.0501. The van der Waals surface area contributed by atoms with Crippen LogP contribution in [0, 0.1) is 23.6 Å². The number of ether oxygens (including phenoxy) is 2. The first kappa shape index (κ1) is 28.5. The molecule has 1 saturated carbocycles. The second-order valence-corrected chi connectivity index (χ2v) is 12.1. The molecular formula is C29H34FN3O5S. The van der Waals surface area contributed by atoms with Gasteiger partial charge in [-0.25, -0.2) is 19.1 Å². The summed E-state index contributed by atoms with van der Waals surface area (Å²) in [4.78, 5) is 21.7. The van der Waals surface area contributed by atoms with E-state index >= 15 is 0 Å². The maximum Gasteiger partial charge on any atom is 0.281 e. The van der Waals surface area contributed by atoms with Crippen molar-refractivity contribution in [3.05, 3.63) is 66.1 Å². The number of benzene rings is 1. The Hall–Kier alpha value is -3.53. The smallest absolute Gasteiger partial charge is 0.281 e. The second-order valence-electron chi connectivity index (χ2n) is 10.5. The molecule has 1 aromatic carbocycles. The Labute approximate surface area is 229 Å². The first-order valence-corrected chi connectivity index (χ1v) is 14.6. The van der Waals surface area contributed by atoms with E-state index in [1.807, 2.05) is 13.8 Å². The highest BCUT2D eigenvalue weighted by Gasteiger charge is 2.32. The minimum absolute atomic E-state index is 0.0132. The van der Waals surface area contributed by atoms with Gasteiger partial charge in [0.2, 0.25) is 5.88 Å². The van der Waals surface area contributed by atoms with E-state index in [-0.39, 0.29) is 40.3 Å². The number of nitrogens with one attached hydrogen (secondary N) is 1. The molecule has 1 aliphatic carbocycles. The van der Waals surface area contributed by atoms with Crippen LogP contribution in [-0.2, 0) is 10.0 Å². The van der Waals surface area contributed by atoms with E-state index in [1.54, 1.807) is 12.1 Å². The van der Waals surface area contributed by atoms with Gasteiger partial charge in [-0.2, -0.15) is 8.42 Å². The first-order chi connectivity index (χ1) is 18.5. The quantitative estimate of drug-likeness (QED) is 0.364. The topological polar surface area (TPSA) is 107 Å². The van der Waals surface area contributed by atoms with Crippen molar-refractivity contribution in [3.8, 4) is 22.9 Å². The van der Waals surface area contributed by atoms with Gasteiger partial charge in [-0.1, -0.05) is 40.2 Å². The number of amides is 1. The number of nitrogens with zero attached hydrogens (tertiary/aromatic N) is 2. The van der Waals surface area contributed by atoms with Crippen molar-refractivity contribution in [1.82, 2.24) is 14.7 Å². The predicted octanol–water partition coefficient (Wildman–Crippen LogP) is 5.64. The Bertz CT molecular complexity index is 1410. The van der Waals surface area contributed by atoms with Crippen LogP contribution in [0.4, 0.5) is 4.39 Å². The summed E-state index contributed by atoms with van der Waals surface area (Å²) in [5, 5.41) is -0.284. The summed E-state index contributed by atoms with van der Waals surface area (Å²) >= 11 is 0. The fraction of sp³-hybridized carbons (Fsp3) is 0.414. The Balaban J connectivity index is 1.71. The summed E-state index contributed by atoms with van der Waals surface area (Å²) < 4.78 is 54.2. The highest BCUT2D eigenvalue weighted by molar-refractivity contribution is 7.90. The van der Waals surface area contributed by atoms with Crippen LogP contribution in [0.2, 0.25) is 0 Å². The SMILES string of the molecule is CC(C)COc1cc(F)cc(-c2ccc(C(=O)NS(=O)(=O)c3ccccn3)c(OC3C(C)CCCC3C)n2)c1. The molecule has 39 heavy (non-hydrogen) atoms. The lowest BCUT2D eigenvalue weighted by Crippen LogP contribution is -2.37. The fourth-order valence-electron chi connectivity index (χ4n) is 4.67. The van der Waals surface area contributed by atoms with Crippen LogP contribution < -0.4 is 14.2 Å². The molecule has 10 heteroatoms. The summed E-state index contributed by atoms with van der Waals surface area (Å²) in [5.41, 5.74) is 0.756. The molecule has 2 heterocycles. The van der Waals surface area contributed by atoms with Gasteiger partial charge in [0.15, 0.2) is 5.03 Å². The van der Waals surface area contributed by atoms with Gasteiger partial charge in [0.25, 0.3) is 15.9 Å². The number of sulfonamides is 1. The molecule has 1 aliphatic rings. The molecule has 1 N–H and O–H groups in total. The van der Waals surface area contributed by atoms with E-state index in [4.69, 9.17) is 9.47 Å². The average Bonchev–Trinajstić information content (AvgIpc) is 2.89. The number of carbonyl (C=O) groups is 1. The van der Waals surface area contributed by atoms with Crippen LogP contribution in [0.25, 0.3) is 11.3 Å². The molecule has 8 nitrogen and oxygen atoms in total. The van der Waals surface area contributed by atoms with Crippen LogP contribution >= 0.6 is 0 Å². The van der Waals surface area contributed by atoms with Crippen molar-refractivity contribution in [3.63, 3.8) is 0 Å². The molecule has 0 aliphatic heterocycles. The molecule has 1 fully saturated rings. The number of hydrogen-bond acceptors (Lipinski definition) is 7. The minimum atomic E-state index is -4.23. The fourth-order valence-corrected chi connectivity index (χ4v) is 5.58. The van der Waals surface area contributed by atoms with Crippen LogP contribution in [0.1, 0.15) is 57.3 Å². The third-order valence-corrected chi connectivity index (χ3v) is 7.93. The zero-order chi connectivity index (χ0) is 28.2. The van der Waals surface area contributed by atoms with Crippen LogP contribution in [-0.4, -0.2) is 37.0 Å². The molecule has 0 spiro atoms. The van der Waals surface area contributed by atoms with Crippen molar-refractivity contribution in [1.29, 1.82) is 0 Å². The van der Waals surface area contributed by atoms with E-state index < -0.39 is 21.7 Å². The number of halogens is 1. The van der Waals surface area contributed by atoms with E-state index in [1.165, 1.54) is 42.6 Å². The molecule has 2 unspecified atom stereocenters. The average molecular weight is 556 g/mol. The predicted molar refractivity (Wildman–Crippen MR) is 145 cm³/mol. The van der Waals surface area contributed by atoms with Gasteiger partial charge < -0.3 is 9.47 Å². The van der Waals surface area contributed by atoms with Gasteiger partial charge in [-0.15, -0.1) is 0 Å². The summed E-state index contributed by atoms with van der Waals surface area (Å²) in [5.74, 6) is -0.370. The summed E-state index contributed by atoms with van der Waals surface area (Å²) in [7, 11) is -4.23. The molecular weight excluding hydrogens is 521 g/mol. The monoisotopic (exact) mass is 555 g/mol. The van der Waals surface area contributed by atoms with Gasteiger partial charge in [-0.3, -0.25) is 4.79 Å². The van der Waals surface area contributed by atoms with Gasteiger partial charge in [0.05, 0.1) is 12.3 Å². The number of carbonyl (C=O) groups excluding carboxylic acids is 1. The lowest BCUT2D eigenvalue weighted by Gasteiger charge is -2.34. The Morgan fingerprint density at radius 1 is 1.10 bits per heavy atom. The molecule has 3 aromatic rings. The lowest BCUT2D eigenvalue weighted by atomic mass is 9.80. The van der Waals surface area contributed by atoms with E-state index in [0.717, 1.165) is 19.3 Å². The Morgan fingerprint density at radius 2 is 1.85 bits per heavy atom. The third-order valence-electron chi connectivity index (χ3n) is 6.68. The minimum Gasteiger partial charge on any atom is -0.493 e. The van der Waals surface area contributed by atoms with Crippen LogP contribution in [0.5, 0.6) is 11.6 Å². The van der Waals surface area contributed by atoms with Gasteiger partial charge in [0, 0.05) is 17.8 Å². The number of pyridine rings is 2. The van der Waals surface area contributed by atoms with Crippen molar-refractivity contribution in [2.45, 2.75) is 58.1 Å². The number of rotatable bonds is 9. The maximum atomic E-state index is 14.5. The highest BCUT2D eigenvalue weighted by atomic mass is 32.2. The summed E-state index contributed by atoms with van der Waals surface area (Å²) in [6.45, 7) is 8.58. The van der Waals surface area contributed by atoms with Crippen LogP contribution in [0.15, 0.2) is 59.8 Å². The molecule has 0 saturated heterocycles. The van der Waals surface area contributed by atoms with Crippen molar-refractivity contribution in [2.75, 3.05) is 6.61 Å². The molecule has 0 radical (unpaired) electrons. The Morgan fingerprint density at radius 3 is 2.51 bits per heavy atom. The molecule has 2 aromatic heterocycles. The number of hydrogen-bond donors (Lipinski definition) is 1. The van der Waals surface area contributed by atoms with E-state index in [0.29, 0.717) is 23.6 Å². The molecule has 0 bridgehead atoms. The van der Waals surface area contributed by atoms with Crippen molar-refractivity contribution < 1.29 is 27.1 Å². The zero-order valence-corrected chi connectivity index (χ0v) is 23.4. The molecule has 1 amide bonds. The van der Waals surface area contributed by atoms with Gasteiger partial charge in [-0.05, 0) is 67.0 Å². The zero-order valence-electron chi connectivity index (χ0n) is 22.6. The largest absolute Gasteiger partial charge is 0.493 e. The van der Waals surface area contributed by atoms with Crippen LogP contribution in [0.3, 0.4) is 0 Å². The van der Waals surface area contributed by atoms with Gasteiger partial charge in [0.1, 0.15) is 23.2 Å². The normalized spacial score (nSPS) is 19.5. The summed E-state index contributed by atoms with van der Waals surface area (Å²) in [6.07, 6.45) is 4.11. The first-order valence-electron chi connectivity index (χ1n) is 13.1. The second kappa shape index (κ2) is 12.1. The van der Waals surface area contributed by atoms with E-state index in [2.05, 4.69) is 28.5 Å². The standard InChI is InChI=1S/C29H34FN3O5S/c1-18(2)17-37-23-15-21(14-22(30)16-23)25-12-11-24(28(34)33-39(35,36)26-10-5-6-13-31-26)29(32-25)38-27-19(3)8-7-9-20(27)4/h5-6,10-16,18-20,27H,7-9,17H2,1-4H3,(H,33,34). The molecule has 2 atom stereocenters.